The van der Waals surface area contributed by atoms with Crippen LogP contribution in [0.5, 0.6) is 0 Å². The van der Waals surface area contributed by atoms with Crippen LogP contribution in [0, 0.1) is 0 Å². The molecule has 0 unspecified atom stereocenters. The van der Waals surface area contributed by atoms with E-state index in [4.69, 9.17) is 11.6 Å². The Morgan fingerprint density at radius 1 is 1.00 bits per heavy atom. The smallest absolute Gasteiger partial charge is 0.168 e. The Balaban J connectivity index is 2.01. The predicted molar refractivity (Wildman–Crippen MR) is 92.3 cm³/mol. The number of aldehydes is 1. The number of aromatic nitrogens is 2. The number of benzene rings is 1. The van der Waals surface area contributed by atoms with E-state index >= 15 is 0 Å². The van der Waals surface area contributed by atoms with Gasteiger partial charge in [-0.25, -0.2) is 0 Å². The lowest BCUT2D eigenvalue weighted by molar-refractivity contribution is 0.0991. The molecule has 0 N–H and O–H groups in total. The summed E-state index contributed by atoms with van der Waals surface area (Å²) in [6.45, 7) is 0. The van der Waals surface area contributed by atoms with Crippen LogP contribution in [0.2, 0.25) is 5.02 Å². The highest BCUT2D eigenvalue weighted by Crippen LogP contribution is 2.30. The van der Waals surface area contributed by atoms with Gasteiger partial charge in [-0.05, 0) is 29.8 Å². The summed E-state index contributed by atoms with van der Waals surface area (Å²) in [6.07, 6.45) is 5.46. The van der Waals surface area contributed by atoms with Gasteiger partial charge >= 0.3 is 0 Å². The Morgan fingerprint density at radius 2 is 1.75 bits per heavy atom. The molecule has 0 aliphatic rings. The molecule has 2 heterocycles. The first kappa shape index (κ1) is 16.0. The Morgan fingerprint density at radius 3 is 2.46 bits per heavy atom. The molecule has 3 aromatic rings. The van der Waals surface area contributed by atoms with E-state index in [-0.39, 0.29) is 12.2 Å². The summed E-state index contributed by atoms with van der Waals surface area (Å²) < 4.78 is 0. The number of Topliss-reactive ketones (excluding diaryl/α,β-unsaturated/α-hetero) is 1. The average molecular weight is 337 g/mol. The Kier molecular flexibility index (Phi) is 4.77. The molecule has 0 atom stereocenters. The predicted octanol–water partition coefficient (Wildman–Crippen LogP) is 4.03. The third kappa shape index (κ3) is 3.24. The molecule has 0 radical (unpaired) electrons. The molecule has 118 valence electrons. The number of hydrogen-bond donors (Lipinski definition) is 0. The second-order valence-electron chi connectivity index (χ2n) is 5.15. The van der Waals surface area contributed by atoms with Crippen LogP contribution in [0.25, 0.3) is 11.1 Å². The molecule has 0 aliphatic carbocycles. The van der Waals surface area contributed by atoms with E-state index in [2.05, 4.69) is 9.97 Å². The van der Waals surface area contributed by atoms with Crippen LogP contribution in [-0.4, -0.2) is 22.0 Å². The molecule has 0 amide bonds. The first-order valence-corrected chi connectivity index (χ1v) is 7.69. The van der Waals surface area contributed by atoms with Gasteiger partial charge in [-0.1, -0.05) is 29.8 Å². The van der Waals surface area contributed by atoms with Crippen molar-refractivity contribution in [3.8, 4) is 11.1 Å². The van der Waals surface area contributed by atoms with Crippen LogP contribution < -0.4 is 0 Å². The van der Waals surface area contributed by atoms with Gasteiger partial charge in [0.15, 0.2) is 12.1 Å². The van der Waals surface area contributed by atoms with E-state index in [0.717, 1.165) is 11.8 Å². The van der Waals surface area contributed by atoms with E-state index in [1.165, 1.54) is 0 Å². The molecule has 0 fully saturated rings. The van der Waals surface area contributed by atoms with Crippen molar-refractivity contribution in [2.45, 2.75) is 6.42 Å². The zero-order valence-electron chi connectivity index (χ0n) is 12.6. The second-order valence-corrected chi connectivity index (χ2v) is 5.56. The summed E-state index contributed by atoms with van der Waals surface area (Å²) in [6, 6.07) is 12.3. The number of rotatable bonds is 5. The lowest BCUT2D eigenvalue weighted by atomic mass is 9.97. The van der Waals surface area contributed by atoms with Gasteiger partial charge in [0.25, 0.3) is 0 Å². The number of nitrogens with zero attached hydrogens (tertiary/aromatic N) is 2. The first-order valence-electron chi connectivity index (χ1n) is 7.32. The van der Waals surface area contributed by atoms with E-state index in [1.54, 1.807) is 42.9 Å². The van der Waals surface area contributed by atoms with Crippen molar-refractivity contribution in [2.75, 3.05) is 0 Å². The van der Waals surface area contributed by atoms with Crippen LogP contribution in [0.15, 0.2) is 61.1 Å². The maximum Gasteiger partial charge on any atom is 0.168 e. The van der Waals surface area contributed by atoms with Crippen LogP contribution in [0.3, 0.4) is 0 Å². The number of hydrogen-bond acceptors (Lipinski definition) is 4. The number of carbonyl (C=O) groups excluding carboxylic acids is 2. The molecule has 1 aromatic carbocycles. The van der Waals surface area contributed by atoms with Crippen molar-refractivity contribution in [1.82, 2.24) is 9.97 Å². The Labute approximate surface area is 144 Å². The quantitative estimate of drug-likeness (QED) is 0.521. The topological polar surface area (TPSA) is 59.9 Å². The largest absolute Gasteiger partial charge is 0.298 e. The lowest BCUT2D eigenvalue weighted by Crippen LogP contribution is -2.08. The summed E-state index contributed by atoms with van der Waals surface area (Å²) in [5.41, 5.74) is 2.76. The molecule has 0 spiro atoms. The van der Waals surface area contributed by atoms with Gasteiger partial charge in [-0.2, -0.15) is 0 Å². The molecule has 3 rings (SSSR count). The monoisotopic (exact) mass is 336 g/mol. The number of halogens is 1. The molecule has 0 saturated carbocycles. The third-order valence-corrected chi connectivity index (χ3v) is 4.01. The fourth-order valence-electron chi connectivity index (χ4n) is 2.50. The van der Waals surface area contributed by atoms with Gasteiger partial charge in [0.1, 0.15) is 0 Å². The fourth-order valence-corrected chi connectivity index (χ4v) is 2.73. The molecule has 0 aliphatic heterocycles. The molecule has 2 aromatic heterocycles. The highest BCUT2D eigenvalue weighted by Gasteiger charge is 2.16. The standard InChI is InChI=1S/C19H13ClN2O2/c20-17-4-2-1-3-15(17)14-7-10-22-18(16(14)12-23)11-19(24)13-5-8-21-9-6-13/h1-10,12H,11H2. The molecule has 0 bridgehead atoms. The molecule has 5 heteroatoms. The summed E-state index contributed by atoms with van der Waals surface area (Å²) >= 11 is 6.23. The van der Waals surface area contributed by atoms with E-state index < -0.39 is 0 Å². The average Bonchev–Trinajstić information content (AvgIpc) is 2.62. The van der Waals surface area contributed by atoms with Crippen molar-refractivity contribution >= 4 is 23.7 Å². The van der Waals surface area contributed by atoms with Gasteiger partial charge in [0.2, 0.25) is 0 Å². The van der Waals surface area contributed by atoms with Crippen molar-refractivity contribution in [2.24, 2.45) is 0 Å². The van der Waals surface area contributed by atoms with Crippen molar-refractivity contribution in [3.63, 3.8) is 0 Å². The van der Waals surface area contributed by atoms with Crippen LogP contribution in [0.1, 0.15) is 26.4 Å². The fraction of sp³-hybridized carbons (Fsp3) is 0.0526. The Hall–Kier alpha value is -2.85. The second kappa shape index (κ2) is 7.15. The SMILES string of the molecule is O=Cc1c(-c2ccccc2Cl)ccnc1CC(=O)c1ccncc1. The van der Waals surface area contributed by atoms with E-state index in [0.29, 0.717) is 27.4 Å². The minimum atomic E-state index is -0.121. The van der Waals surface area contributed by atoms with Crippen LogP contribution in [0.4, 0.5) is 0 Å². The van der Waals surface area contributed by atoms with Crippen molar-refractivity contribution in [1.29, 1.82) is 0 Å². The van der Waals surface area contributed by atoms with Crippen LogP contribution in [-0.2, 0) is 6.42 Å². The molecule has 24 heavy (non-hydrogen) atoms. The van der Waals surface area contributed by atoms with E-state index in [9.17, 15) is 9.59 Å². The summed E-state index contributed by atoms with van der Waals surface area (Å²) in [4.78, 5) is 32.1. The first-order chi connectivity index (χ1) is 11.7. The van der Waals surface area contributed by atoms with Gasteiger partial charge in [-0.3, -0.25) is 19.6 Å². The number of carbonyl (C=O) groups is 2. The molecular formula is C19H13ClN2O2. The minimum Gasteiger partial charge on any atom is -0.298 e. The molecular weight excluding hydrogens is 324 g/mol. The molecule has 4 nitrogen and oxygen atoms in total. The van der Waals surface area contributed by atoms with Crippen molar-refractivity contribution in [3.05, 3.63) is 82.9 Å². The third-order valence-electron chi connectivity index (χ3n) is 3.68. The summed E-state index contributed by atoms with van der Waals surface area (Å²) in [7, 11) is 0. The van der Waals surface area contributed by atoms with Gasteiger partial charge in [0.05, 0.1) is 12.1 Å². The van der Waals surface area contributed by atoms with Crippen molar-refractivity contribution < 1.29 is 9.59 Å². The van der Waals surface area contributed by atoms with Gasteiger partial charge in [0, 0.05) is 40.3 Å². The Bertz CT molecular complexity index is 895. The van der Waals surface area contributed by atoms with Gasteiger partial charge < -0.3 is 0 Å². The zero-order chi connectivity index (χ0) is 16.9. The van der Waals surface area contributed by atoms with Gasteiger partial charge in [-0.15, -0.1) is 0 Å². The highest BCUT2D eigenvalue weighted by molar-refractivity contribution is 6.33. The number of ketones is 1. The minimum absolute atomic E-state index is 0.0381. The highest BCUT2D eigenvalue weighted by atomic mass is 35.5. The number of pyridine rings is 2. The molecule has 0 saturated heterocycles. The maximum atomic E-state index is 12.4. The maximum absolute atomic E-state index is 12.4. The summed E-state index contributed by atoms with van der Waals surface area (Å²) in [5.74, 6) is -0.121. The normalized spacial score (nSPS) is 10.4. The van der Waals surface area contributed by atoms with E-state index in [1.807, 2.05) is 18.2 Å². The summed E-state index contributed by atoms with van der Waals surface area (Å²) in [5, 5.41) is 0.540. The zero-order valence-corrected chi connectivity index (χ0v) is 13.4. The lowest BCUT2D eigenvalue weighted by Gasteiger charge is -2.10. The van der Waals surface area contributed by atoms with Crippen LogP contribution >= 0.6 is 11.6 Å².